The fourth-order valence-corrected chi connectivity index (χ4v) is 2.76. The van der Waals surface area contributed by atoms with Gasteiger partial charge in [0, 0.05) is 6.61 Å². The van der Waals surface area contributed by atoms with Gasteiger partial charge in [0.15, 0.2) is 6.10 Å². The van der Waals surface area contributed by atoms with Gasteiger partial charge in [-0.25, -0.2) is 4.79 Å². The second-order valence-electron chi connectivity index (χ2n) is 6.60. The molecule has 0 aliphatic heterocycles. The Bertz CT molecular complexity index is 314. The maximum atomic E-state index is 10.5. The van der Waals surface area contributed by atoms with E-state index in [1.807, 2.05) is 0 Å². The van der Waals surface area contributed by atoms with Crippen LogP contribution in [0.3, 0.4) is 0 Å². The van der Waals surface area contributed by atoms with E-state index in [1.165, 1.54) is 38.5 Å². The molecule has 0 spiro atoms. The molecular weight excluding hydrogens is 352 g/mol. The number of carbonyl (C=O) groups is 1. The first kappa shape index (κ1) is 27.8. The third-order valence-corrected chi connectivity index (χ3v) is 4.38. The zero-order valence-electron chi connectivity index (χ0n) is 17.5. The van der Waals surface area contributed by atoms with E-state index >= 15 is 0 Å². The summed E-state index contributed by atoms with van der Waals surface area (Å²) in [6.07, 6.45) is 8.93. The minimum absolute atomic E-state index is 0. The van der Waals surface area contributed by atoms with Crippen molar-refractivity contribution in [3.63, 3.8) is 0 Å². The third kappa shape index (κ3) is 16.5. The van der Waals surface area contributed by atoms with Gasteiger partial charge in [0.05, 0.1) is 6.10 Å². The molecule has 148 valence electrons. The topological polar surface area (TPSA) is 118 Å². The van der Waals surface area contributed by atoms with E-state index in [1.54, 1.807) is 0 Å². The number of aliphatic hydroxyl groups excluding tert-OH is 4. The summed E-state index contributed by atoms with van der Waals surface area (Å²) < 4.78 is 0. The molecule has 0 amide bonds. The number of rotatable bonds is 17. The van der Waals surface area contributed by atoms with Crippen molar-refractivity contribution in [3.8, 4) is 0 Å². The molecule has 0 aliphatic rings. The van der Waals surface area contributed by atoms with E-state index in [2.05, 4.69) is 0 Å². The van der Waals surface area contributed by atoms with Crippen LogP contribution in [0.5, 0.6) is 0 Å². The largest absolute Gasteiger partial charge is 2.00 e. The smallest absolute Gasteiger partial charge is 1.00 e. The Morgan fingerprint density at radius 2 is 1.08 bits per heavy atom. The van der Waals surface area contributed by atoms with Crippen LogP contribution in [0.4, 0.5) is 0 Å². The predicted molar refractivity (Wildman–Crippen MR) is 101 cm³/mol. The first-order valence-corrected chi connectivity index (χ1v) is 9.38. The number of carboxylic acids is 1. The minimum Gasteiger partial charge on any atom is -1.00 e. The molecule has 7 heteroatoms. The summed E-state index contributed by atoms with van der Waals surface area (Å²) in [5.74, 6) is -1.52. The van der Waals surface area contributed by atoms with Gasteiger partial charge in [0.25, 0.3) is 0 Å². The van der Waals surface area contributed by atoms with Crippen LogP contribution in [0, 0.1) is 0 Å². The average Bonchev–Trinajstić information content (AvgIpc) is 2.57. The minimum atomic E-state index is -1.93. The summed E-state index contributed by atoms with van der Waals surface area (Å²) in [4.78, 5) is 10.5. The molecule has 0 aromatic carbocycles. The first-order valence-electron chi connectivity index (χ1n) is 9.38. The van der Waals surface area contributed by atoms with Crippen molar-refractivity contribution in [2.24, 2.45) is 0 Å². The van der Waals surface area contributed by atoms with Crippen LogP contribution in [-0.2, 0) is 4.79 Å². The fourth-order valence-electron chi connectivity index (χ4n) is 2.76. The van der Waals surface area contributed by atoms with Crippen molar-refractivity contribution in [2.45, 2.75) is 102 Å². The van der Waals surface area contributed by atoms with Crippen LogP contribution in [0.25, 0.3) is 0 Å². The molecule has 0 saturated heterocycles. The van der Waals surface area contributed by atoms with E-state index in [0.717, 1.165) is 38.5 Å². The number of hydrogen-bond donors (Lipinski definition) is 5. The summed E-state index contributed by atoms with van der Waals surface area (Å²) in [5.41, 5.74) is 0. The van der Waals surface area contributed by atoms with Crippen molar-refractivity contribution < 1.29 is 33.2 Å². The van der Waals surface area contributed by atoms with Gasteiger partial charge in [0.2, 0.25) is 0 Å². The third-order valence-electron chi connectivity index (χ3n) is 4.38. The van der Waals surface area contributed by atoms with E-state index in [-0.39, 0.29) is 40.6 Å². The normalized spacial score (nSPS) is 14.6. The molecule has 0 fully saturated rings. The molecule has 0 rings (SSSR count). The van der Waals surface area contributed by atoms with Gasteiger partial charge in [-0.15, -0.1) is 0 Å². The molecule has 0 aromatic rings. The van der Waals surface area contributed by atoms with Gasteiger partial charge in [-0.1, -0.05) is 70.6 Å². The first-order chi connectivity index (χ1) is 11.5. The summed E-state index contributed by atoms with van der Waals surface area (Å²) in [6, 6.07) is 0. The summed E-state index contributed by atoms with van der Waals surface area (Å²) in [5, 5.41) is 45.5. The average molecular weight is 391 g/mol. The van der Waals surface area contributed by atoms with E-state index < -0.39 is 24.3 Å². The second-order valence-corrected chi connectivity index (χ2v) is 6.60. The summed E-state index contributed by atoms with van der Waals surface area (Å²) in [6.45, 7) is 0.302. The van der Waals surface area contributed by atoms with Crippen LogP contribution in [-0.4, -0.2) is 94.2 Å². The number of carboxylic acid groups (broad SMARTS) is 1. The number of unbranched alkanes of at least 4 members (excludes halogenated alkanes) is 11. The molecule has 0 heterocycles. The molecule has 5 N–H and O–H groups in total. The Kier molecular flexibility index (Phi) is 21.5. The molecule has 0 bridgehead atoms. The maximum Gasteiger partial charge on any atom is 2.00 e. The van der Waals surface area contributed by atoms with Crippen molar-refractivity contribution in [3.05, 3.63) is 0 Å². The standard InChI is InChI=1S/C18H36O6.Ca.2H/c19-14-12-10-8-6-4-2-1-3-5-7-9-11-13-15(20)16(21)17(22)18(23)24;;;/h15-17,19-22H,1-14H2,(H,23,24);;;/q;+2;2*-1. The molecule has 0 aromatic heterocycles. The van der Waals surface area contributed by atoms with Gasteiger partial charge in [-0.05, 0) is 12.8 Å². The van der Waals surface area contributed by atoms with Crippen molar-refractivity contribution in [1.29, 1.82) is 0 Å². The quantitative estimate of drug-likeness (QED) is 0.192. The molecule has 25 heavy (non-hydrogen) atoms. The molecule has 0 aliphatic carbocycles. The number of aliphatic carboxylic acids is 1. The van der Waals surface area contributed by atoms with Gasteiger partial charge >= 0.3 is 43.7 Å². The fraction of sp³-hybridized carbons (Fsp3) is 0.944. The summed E-state index contributed by atoms with van der Waals surface area (Å²) in [7, 11) is 0. The monoisotopic (exact) mass is 390 g/mol. The zero-order chi connectivity index (χ0) is 18.2. The van der Waals surface area contributed by atoms with Gasteiger partial charge in [0.1, 0.15) is 6.10 Å². The molecule has 6 nitrogen and oxygen atoms in total. The van der Waals surface area contributed by atoms with Gasteiger partial charge in [-0.3, -0.25) is 0 Å². The molecule has 0 saturated carbocycles. The Hall–Kier alpha value is 0.570. The SMILES string of the molecule is O=C(O)C(O)C(O)C(O)CCCCCCCCCCCCCCO.[Ca+2].[H-].[H-]. The van der Waals surface area contributed by atoms with Crippen LogP contribution in [0.2, 0.25) is 0 Å². The molecule has 0 radical (unpaired) electrons. The summed E-state index contributed by atoms with van der Waals surface area (Å²) >= 11 is 0. The molecule has 3 unspecified atom stereocenters. The van der Waals surface area contributed by atoms with Gasteiger partial charge < -0.3 is 28.4 Å². The molecule has 3 atom stereocenters. The van der Waals surface area contributed by atoms with E-state index in [0.29, 0.717) is 13.0 Å². The van der Waals surface area contributed by atoms with Crippen molar-refractivity contribution >= 4 is 43.7 Å². The van der Waals surface area contributed by atoms with Crippen LogP contribution >= 0.6 is 0 Å². The Balaban J connectivity index is -0.000000882. The van der Waals surface area contributed by atoms with Crippen molar-refractivity contribution in [1.82, 2.24) is 0 Å². The van der Waals surface area contributed by atoms with Gasteiger partial charge in [-0.2, -0.15) is 0 Å². The predicted octanol–water partition coefficient (Wildman–Crippen LogP) is 2.06. The van der Waals surface area contributed by atoms with E-state index in [4.69, 9.17) is 15.3 Å². The van der Waals surface area contributed by atoms with Crippen LogP contribution in [0.15, 0.2) is 0 Å². The van der Waals surface area contributed by atoms with E-state index in [9.17, 15) is 15.0 Å². The number of hydrogen-bond acceptors (Lipinski definition) is 5. The second kappa shape index (κ2) is 19.3. The van der Waals surface area contributed by atoms with Crippen LogP contribution < -0.4 is 0 Å². The zero-order valence-corrected chi connectivity index (χ0v) is 17.7. The maximum absolute atomic E-state index is 10.5. The Labute approximate surface area is 184 Å². The Morgan fingerprint density at radius 3 is 1.44 bits per heavy atom. The number of aliphatic hydroxyl groups is 4. The van der Waals surface area contributed by atoms with Crippen LogP contribution in [0.1, 0.15) is 86.3 Å². The Morgan fingerprint density at radius 1 is 0.720 bits per heavy atom. The van der Waals surface area contributed by atoms with Crippen molar-refractivity contribution in [2.75, 3.05) is 6.61 Å². The molecular formula is C18H38CaO6.